The van der Waals surface area contributed by atoms with Crippen LogP contribution in [0.25, 0.3) is 0 Å². The van der Waals surface area contributed by atoms with Crippen LogP contribution >= 0.6 is 0 Å². The molecule has 2 rings (SSSR count). The first-order valence-electron chi connectivity index (χ1n) is 6.16. The van der Waals surface area contributed by atoms with Crippen molar-refractivity contribution in [2.75, 3.05) is 6.54 Å². The number of hydrogen-bond acceptors (Lipinski definition) is 4. The molecular formula is C13H14N2O5. The molecule has 1 saturated heterocycles. The molecule has 0 aromatic heterocycles. The first-order chi connectivity index (χ1) is 9.36. The molecule has 20 heavy (non-hydrogen) atoms. The number of carboxylic acids is 1. The lowest BCUT2D eigenvalue weighted by molar-refractivity contribution is -0.384. The minimum Gasteiger partial charge on any atom is -0.480 e. The van der Waals surface area contributed by atoms with Gasteiger partial charge in [0.15, 0.2) is 0 Å². The van der Waals surface area contributed by atoms with Gasteiger partial charge in [0.2, 0.25) is 0 Å². The number of benzene rings is 1. The fourth-order valence-electron chi connectivity index (χ4n) is 2.42. The van der Waals surface area contributed by atoms with E-state index in [4.69, 9.17) is 0 Å². The molecule has 7 heteroatoms. The van der Waals surface area contributed by atoms with Crippen LogP contribution in [0.3, 0.4) is 0 Å². The Morgan fingerprint density at radius 2 is 2.15 bits per heavy atom. The van der Waals surface area contributed by atoms with Gasteiger partial charge in [0, 0.05) is 24.2 Å². The Morgan fingerprint density at radius 3 is 2.75 bits per heavy atom. The van der Waals surface area contributed by atoms with Crippen LogP contribution in [0.15, 0.2) is 24.3 Å². The van der Waals surface area contributed by atoms with Gasteiger partial charge in [-0.25, -0.2) is 4.79 Å². The molecule has 1 amide bonds. The molecule has 1 aromatic carbocycles. The maximum absolute atomic E-state index is 12.4. The maximum atomic E-state index is 12.4. The number of nitrogens with zero attached hydrogens (tertiary/aromatic N) is 2. The summed E-state index contributed by atoms with van der Waals surface area (Å²) in [7, 11) is 0. The van der Waals surface area contributed by atoms with Crippen LogP contribution in [-0.4, -0.2) is 38.9 Å². The van der Waals surface area contributed by atoms with E-state index in [2.05, 4.69) is 0 Å². The molecule has 0 saturated carbocycles. The van der Waals surface area contributed by atoms with Crippen molar-refractivity contribution in [1.82, 2.24) is 4.90 Å². The van der Waals surface area contributed by atoms with Crippen molar-refractivity contribution in [3.8, 4) is 0 Å². The number of amides is 1. The average Bonchev–Trinajstić information content (AvgIpc) is 2.81. The minimum absolute atomic E-state index is 0.133. The third-order valence-electron chi connectivity index (χ3n) is 3.65. The van der Waals surface area contributed by atoms with Gasteiger partial charge < -0.3 is 10.0 Å². The van der Waals surface area contributed by atoms with Gasteiger partial charge in [-0.1, -0.05) is 6.07 Å². The number of carbonyl (C=O) groups excluding carboxylic acids is 1. The zero-order valence-electron chi connectivity index (χ0n) is 10.9. The van der Waals surface area contributed by atoms with Crippen molar-refractivity contribution in [3.63, 3.8) is 0 Å². The van der Waals surface area contributed by atoms with Crippen molar-refractivity contribution >= 4 is 17.6 Å². The smallest absolute Gasteiger partial charge is 0.329 e. The highest BCUT2D eigenvalue weighted by atomic mass is 16.6. The van der Waals surface area contributed by atoms with Crippen molar-refractivity contribution in [1.29, 1.82) is 0 Å². The first kappa shape index (κ1) is 14.0. The second-order valence-corrected chi connectivity index (χ2v) is 4.95. The largest absolute Gasteiger partial charge is 0.480 e. The van der Waals surface area contributed by atoms with Gasteiger partial charge in [0.05, 0.1) is 4.92 Å². The van der Waals surface area contributed by atoms with E-state index in [-0.39, 0.29) is 11.3 Å². The van der Waals surface area contributed by atoms with Gasteiger partial charge in [-0.2, -0.15) is 0 Å². The SMILES string of the molecule is CC1(C(=O)O)CCCN1C(=O)c1cccc([N+](=O)[O-])c1. The molecule has 0 spiro atoms. The van der Waals surface area contributed by atoms with Crippen LogP contribution in [0.5, 0.6) is 0 Å². The average molecular weight is 278 g/mol. The van der Waals surface area contributed by atoms with Crippen LogP contribution in [0.4, 0.5) is 5.69 Å². The molecule has 1 heterocycles. The van der Waals surface area contributed by atoms with Gasteiger partial charge in [-0.15, -0.1) is 0 Å². The number of rotatable bonds is 3. The molecule has 1 aliphatic rings. The molecule has 1 N–H and O–H groups in total. The summed E-state index contributed by atoms with van der Waals surface area (Å²) in [6.45, 7) is 1.84. The second kappa shape index (κ2) is 4.92. The molecule has 106 valence electrons. The van der Waals surface area contributed by atoms with Gasteiger partial charge in [0.25, 0.3) is 11.6 Å². The number of likely N-dealkylation sites (tertiary alicyclic amines) is 1. The number of nitro benzene ring substituents is 1. The molecule has 0 aliphatic carbocycles. The fourth-order valence-corrected chi connectivity index (χ4v) is 2.42. The van der Waals surface area contributed by atoms with E-state index in [1.807, 2.05) is 0 Å². The maximum Gasteiger partial charge on any atom is 0.329 e. The van der Waals surface area contributed by atoms with Crippen molar-refractivity contribution < 1.29 is 19.6 Å². The van der Waals surface area contributed by atoms with Gasteiger partial charge in [0.1, 0.15) is 5.54 Å². The molecule has 7 nitrogen and oxygen atoms in total. The quantitative estimate of drug-likeness (QED) is 0.669. The summed E-state index contributed by atoms with van der Waals surface area (Å²) in [5.41, 5.74) is -1.30. The monoisotopic (exact) mass is 278 g/mol. The number of aliphatic carboxylic acids is 1. The second-order valence-electron chi connectivity index (χ2n) is 4.95. The normalized spacial score (nSPS) is 21.8. The topological polar surface area (TPSA) is 101 Å². The van der Waals surface area contributed by atoms with Gasteiger partial charge in [-0.05, 0) is 25.8 Å². The predicted octanol–water partition coefficient (Wildman–Crippen LogP) is 1.67. The van der Waals surface area contributed by atoms with Crippen molar-refractivity contribution in [3.05, 3.63) is 39.9 Å². The van der Waals surface area contributed by atoms with E-state index in [0.717, 1.165) is 0 Å². The molecular weight excluding hydrogens is 264 g/mol. The van der Waals surface area contributed by atoms with Gasteiger partial charge in [-0.3, -0.25) is 14.9 Å². The summed E-state index contributed by atoms with van der Waals surface area (Å²) >= 11 is 0. The molecule has 1 aliphatic heterocycles. The minimum atomic E-state index is -1.25. The lowest BCUT2D eigenvalue weighted by Crippen LogP contribution is -2.50. The molecule has 1 atom stereocenters. The van der Waals surface area contributed by atoms with E-state index in [1.165, 1.54) is 36.1 Å². The highest BCUT2D eigenvalue weighted by Crippen LogP contribution is 2.31. The highest BCUT2D eigenvalue weighted by Gasteiger charge is 2.46. The molecule has 0 radical (unpaired) electrons. The van der Waals surface area contributed by atoms with Crippen LogP contribution in [0.2, 0.25) is 0 Å². The van der Waals surface area contributed by atoms with E-state index in [1.54, 1.807) is 0 Å². The number of nitro groups is 1. The zero-order chi connectivity index (χ0) is 14.9. The summed E-state index contributed by atoms with van der Waals surface area (Å²) in [4.78, 5) is 35.1. The lowest BCUT2D eigenvalue weighted by atomic mass is 9.98. The van der Waals surface area contributed by atoms with E-state index >= 15 is 0 Å². The van der Waals surface area contributed by atoms with Gasteiger partial charge >= 0.3 is 5.97 Å². The number of hydrogen-bond donors (Lipinski definition) is 1. The van der Waals surface area contributed by atoms with Crippen molar-refractivity contribution in [2.24, 2.45) is 0 Å². The standard InChI is InChI=1S/C13H14N2O5/c1-13(12(17)18)6-3-7-14(13)11(16)9-4-2-5-10(8-9)15(19)20/h2,4-5,8H,3,6-7H2,1H3,(H,17,18). The van der Waals surface area contributed by atoms with Crippen molar-refractivity contribution in [2.45, 2.75) is 25.3 Å². The zero-order valence-corrected chi connectivity index (χ0v) is 10.9. The summed E-state index contributed by atoms with van der Waals surface area (Å²) < 4.78 is 0. The number of carboxylic acid groups (broad SMARTS) is 1. The third-order valence-corrected chi connectivity index (χ3v) is 3.65. The summed E-state index contributed by atoms with van der Waals surface area (Å²) in [5, 5.41) is 20.0. The molecule has 1 aromatic rings. The molecule has 0 bridgehead atoms. The Bertz CT molecular complexity index is 586. The molecule has 1 unspecified atom stereocenters. The fraction of sp³-hybridized carbons (Fsp3) is 0.385. The van der Waals surface area contributed by atoms with Crippen LogP contribution < -0.4 is 0 Å². The number of non-ortho nitro benzene ring substituents is 1. The number of carbonyl (C=O) groups is 2. The van der Waals surface area contributed by atoms with Crippen LogP contribution in [0.1, 0.15) is 30.1 Å². The predicted molar refractivity (Wildman–Crippen MR) is 69.4 cm³/mol. The Balaban J connectivity index is 2.34. The Labute approximate surface area is 115 Å². The Morgan fingerprint density at radius 1 is 1.45 bits per heavy atom. The van der Waals surface area contributed by atoms with Crippen LogP contribution in [-0.2, 0) is 4.79 Å². The summed E-state index contributed by atoms with van der Waals surface area (Å²) in [6.07, 6.45) is 0.979. The lowest BCUT2D eigenvalue weighted by Gasteiger charge is -2.31. The Kier molecular flexibility index (Phi) is 3.44. The van der Waals surface area contributed by atoms with Crippen LogP contribution in [0, 0.1) is 10.1 Å². The first-order valence-corrected chi connectivity index (χ1v) is 6.16. The van der Waals surface area contributed by atoms with E-state index in [0.29, 0.717) is 19.4 Å². The highest BCUT2D eigenvalue weighted by molar-refractivity contribution is 5.98. The molecule has 1 fully saturated rings. The summed E-state index contributed by atoms with van der Waals surface area (Å²) in [5.74, 6) is -1.55. The van der Waals surface area contributed by atoms with E-state index < -0.39 is 22.3 Å². The summed E-state index contributed by atoms with van der Waals surface area (Å²) in [6, 6.07) is 5.33. The third kappa shape index (κ3) is 2.22. The Hall–Kier alpha value is -2.44. The van der Waals surface area contributed by atoms with E-state index in [9.17, 15) is 24.8 Å².